The van der Waals surface area contributed by atoms with Gasteiger partial charge in [0.1, 0.15) is 5.75 Å². The molecule has 2 heterocycles. The van der Waals surface area contributed by atoms with Gasteiger partial charge in [0.2, 0.25) is 0 Å². The van der Waals surface area contributed by atoms with Crippen molar-refractivity contribution >= 4 is 11.0 Å². The molecule has 3 aliphatic carbocycles. The fourth-order valence-corrected chi connectivity index (χ4v) is 7.82. The van der Waals surface area contributed by atoms with Crippen LogP contribution in [0.25, 0.3) is 11.0 Å². The predicted octanol–water partition coefficient (Wildman–Crippen LogP) is 6.37. The highest BCUT2D eigenvalue weighted by Crippen LogP contribution is 2.64. The molecule has 3 aliphatic rings. The molecule has 0 N–H and O–H groups in total. The molecule has 0 radical (unpaired) electrons. The lowest BCUT2D eigenvalue weighted by atomic mass is 9.55. The van der Waals surface area contributed by atoms with Crippen LogP contribution in [0.1, 0.15) is 62.1 Å². The van der Waals surface area contributed by atoms with Gasteiger partial charge in [0.05, 0.1) is 23.7 Å². The average molecular weight is 453 g/mol. The van der Waals surface area contributed by atoms with Crippen LogP contribution in [0.15, 0.2) is 67.5 Å². The zero-order valence-corrected chi connectivity index (χ0v) is 19.8. The van der Waals surface area contributed by atoms with E-state index in [9.17, 15) is 0 Å². The lowest BCUT2D eigenvalue weighted by Gasteiger charge is -2.51. The van der Waals surface area contributed by atoms with E-state index in [1.54, 1.807) is 18.1 Å². The van der Waals surface area contributed by atoms with Crippen LogP contribution in [0.4, 0.5) is 0 Å². The normalized spacial score (nSPS) is 30.0. The summed E-state index contributed by atoms with van der Waals surface area (Å²) >= 11 is 0. The van der Waals surface area contributed by atoms with E-state index in [2.05, 4.69) is 65.3 Å². The first-order chi connectivity index (χ1) is 16.7. The summed E-state index contributed by atoms with van der Waals surface area (Å²) in [6.45, 7) is 3.10. The van der Waals surface area contributed by atoms with E-state index in [0.29, 0.717) is 24.1 Å². The third-order valence-electron chi connectivity index (χ3n) is 9.40. The number of aromatic nitrogens is 4. The molecule has 7 rings (SSSR count). The largest absolute Gasteiger partial charge is 0.473 e. The maximum absolute atomic E-state index is 6.04. The van der Waals surface area contributed by atoms with E-state index in [-0.39, 0.29) is 0 Å². The molecule has 0 bridgehead atoms. The molecule has 2 aromatic carbocycles. The van der Waals surface area contributed by atoms with Gasteiger partial charge >= 0.3 is 0 Å². The Bertz CT molecular complexity index is 1330. The lowest BCUT2D eigenvalue weighted by Crippen LogP contribution is -2.42. The van der Waals surface area contributed by atoms with E-state index in [1.807, 2.05) is 10.8 Å². The zero-order chi connectivity index (χ0) is 22.7. The second-order valence-electron chi connectivity index (χ2n) is 10.9. The Labute approximate surface area is 200 Å². The standard InChI is InChI=1S/C29H32N4O/c1-29-13-12-23-22-9-7-21(34-19-32-15-14-30-17-32)16-20(22)6-8-24(23)25(29)10-11-28(29)33-18-31-26-4-2-3-5-27(26)33/h2-5,7,9,14-18,23-25,28H,6,8,10-13,19H2,1H3/t23-,24-,25+,28?,29+/m1/s1. The number of imidazole rings is 2. The van der Waals surface area contributed by atoms with Crippen molar-refractivity contribution in [3.63, 3.8) is 0 Å². The molecule has 5 nitrogen and oxygen atoms in total. The number of hydrogen-bond acceptors (Lipinski definition) is 3. The first-order valence-corrected chi connectivity index (χ1v) is 12.8. The highest BCUT2D eigenvalue weighted by molar-refractivity contribution is 5.75. The quantitative estimate of drug-likeness (QED) is 0.362. The Kier molecular flexibility index (Phi) is 4.61. The SMILES string of the molecule is C[C@]12CC[C@@H]3c4ccc(OCn5ccnc5)cc4CC[C@H]3[C@@H]1CCC2n1cnc2ccccc21. The van der Waals surface area contributed by atoms with Crippen LogP contribution >= 0.6 is 0 Å². The number of fused-ring (bicyclic) bond motifs is 6. The molecule has 174 valence electrons. The minimum absolute atomic E-state index is 0.357. The number of aryl methyl sites for hydroxylation is 1. The van der Waals surface area contributed by atoms with Gasteiger partial charge < -0.3 is 13.9 Å². The van der Waals surface area contributed by atoms with Gasteiger partial charge in [-0.05, 0) is 97.1 Å². The Hall–Kier alpha value is -3.08. The maximum Gasteiger partial charge on any atom is 0.165 e. The van der Waals surface area contributed by atoms with Crippen LogP contribution in [0.2, 0.25) is 0 Å². The molecule has 2 saturated carbocycles. The van der Waals surface area contributed by atoms with Gasteiger partial charge in [0.15, 0.2) is 6.73 Å². The molecular weight excluding hydrogens is 420 g/mol. The van der Waals surface area contributed by atoms with Crippen molar-refractivity contribution in [2.75, 3.05) is 0 Å². The number of rotatable bonds is 4. The highest BCUT2D eigenvalue weighted by Gasteiger charge is 2.55. The van der Waals surface area contributed by atoms with Gasteiger partial charge in [-0.25, -0.2) is 9.97 Å². The van der Waals surface area contributed by atoms with Gasteiger partial charge in [-0.2, -0.15) is 0 Å². The van der Waals surface area contributed by atoms with Gasteiger partial charge in [0.25, 0.3) is 0 Å². The predicted molar refractivity (Wildman–Crippen MR) is 133 cm³/mol. The third kappa shape index (κ3) is 3.05. The molecule has 4 aromatic rings. The Morgan fingerprint density at radius 2 is 2.00 bits per heavy atom. The molecule has 0 spiro atoms. The monoisotopic (exact) mass is 452 g/mol. The maximum atomic E-state index is 6.04. The summed E-state index contributed by atoms with van der Waals surface area (Å²) in [6.07, 6.45) is 15.3. The topological polar surface area (TPSA) is 44.9 Å². The van der Waals surface area contributed by atoms with E-state index in [0.717, 1.165) is 23.1 Å². The van der Waals surface area contributed by atoms with Crippen LogP contribution < -0.4 is 4.74 Å². The van der Waals surface area contributed by atoms with Crippen LogP contribution in [0.3, 0.4) is 0 Å². The lowest BCUT2D eigenvalue weighted by molar-refractivity contribution is 0.0331. The summed E-state index contributed by atoms with van der Waals surface area (Å²) in [5.74, 6) is 3.26. The summed E-state index contributed by atoms with van der Waals surface area (Å²) in [4.78, 5) is 8.83. The fourth-order valence-electron chi connectivity index (χ4n) is 7.82. The highest BCUT2D eigenvalue weighted by atomic mass is 16.5. The first-order valence-electron chi connectivity index (χ1n) is 12.8. The number of benzene rings is 2. The van der Waals surface area contributed by atoms with E-state index in [4.69, 9.17) is 9.72 Å². The second kappa shape index (κ2) is 7.72. The number of ether oxygens (including phenoxy) is 1. The summed E-state index contributed by atoms with van der Waals surface area (Å²) in [5.41, 5.74) is 5.87. The molecule has 2 fully saturated rings. The smallest absolute Gasteiger partial charge is 0.165 e. The van der Waals surface area contributed by atoms with Crippen molar-refractivity contribution in [3.05, 3.63) is 78.6 Å². The van der Waals surface area contributed by atoms with Gasteiger partial charge in [-0.15, -0.1) is 0 Å². The van der Waals surface area contributed by atoms with Crippen molar-refractivity contribution in [1.29, 1.82) is 0 Å². The Balaban J connectivity index is 1.14. The Morgan fingerprint density at radius 3 is 2.91 bits per heavy atom. The molecule has 2 aromatic heterocycles. The third-order valence-corrected chi connectivity index (χ3v) is 9.40. The zero-order valence-electron chi connectivity index (χ0n) is 19.8. The van der Waals surface area contributed by atoms with Crippen molar-refractivity contribution < 1.29 is 4.74 Å². The van der Waals surface area contributed by atoms with Crippen molar-refractivity contribution in [2.24, 2.45) is 17.3 Å². The van der Waals surface area contributed by atoms with Crippen LogP contribution in [-0.4, -0.2) is 19.1 Å². The van der Waals surface area contributed by atoms with Crippen LogP contribution in [-0.2, 0) is 13.2 Å². The van der Waals surface area contributed by atoms with Crippen LogP contribution in [0, 0.1) is 17.3 Å². The molecule has 5 atom stereocenters. The molecule has 1 unspecified atom stereocenters. The summed E-state index contributed by atoms with van der Waals surface area (Å²) in [7, 11) is 0. The molecule has 0 saturated heterocycles. The van der Waals surface area contributed by atoms with E-state index < -0.39 is 0 Å². The average Bonchev–Trinajstić information content (AvgIpc) is 3.60. The summed E-state index contributed by atoms with van der Waals surface area (Å²) < 4.78 is 10.5. The molecule has 0 aliphatic heterocycles. The van der Waals surface area contributed by atoms with E-state index >= 15 is 0 Å². The fraction of sp³-hybridized carbons (Fsp3) is 0.448. The van der Waals surface area contributed by atoms with Gasteiger partial charge in [-0.3, -0.25) is 0 Å². The van der Waals surface area contributed by atoms with Crippen molar-refractivity contribution in [3.8, 4) is 5.75 Å². The Morgan fingerprint density at radius 1 is 1.06 bits per heavy atom. The summed E-state index contributed by atoms with van der Waals surface area (Å²) in [6, 6.07) is 16.0. The van der Waals surface area contributed by atoms with Gasteiger partial charge in [-0.1, -0.05) is 25.1 Å². The second-order valence-corrected chi connectivity index (χ2v) is 10.9. The molecule has 5 heteroatoms. The van der Waals surface area contributed by atoms with Crippen molar-refractivity contribution in [1.82, 2.24) is 19.1 Å². The molecular formula is C29H32N4O. The molecule has 34 heavy (non-hydrogen) atoms. The molecule has 0 amide bonds. The minimum Gasteiger partial charge on any atom is -0.473 e. The van der Waals surface area contributed by atoms with E-state index in [1.165, 1.54) is 49.6 Å². The minimum atomic E-state index is 0.357. The van der Waals surface area contributed by atoms with Crippen LogP contribution in [0.5, 0.6) is 5.75 Å². The van der Waals surface area contributed by atoms with Crippen molar-refractivity contribution in [2.45, 2.75) is 64.1 Å². The summed E-state index contributed by atoms with van der Waals surface area (Å²) in [5, 5.41) is 0. The number of para-hydroxylation sites is 2. The number of hydrogen-bond donors (Lipinski definition) is 0. The van der Waals surface area contributed by atoms with Gasteiger partial charge in [0, 0.05) is 18.4 Å². The number of nitrogens with zero attached hydrogens (tertiary/aromatic N) is 4. The first kappa shape index (κ1) is 20.3.